The molecule has 0 bridgehead atoms. The third-order valence-corrected chi connectivity index (χ3v) is 4.05. The van der Waals surface area contributed by atoms with E-state index in [0.717, 1.165) is 24.1 Å². The fourth-order valence-corrected chi connectivity index (χ4v) is 2.62. The van der Waals surface area contributed by atoms with Crippen LogP contribution in [0.3, 0.4) is 0 Å². The molecule has 2 aromatic rings. The third-order valence-electron chi connectivity index (χ3n) is 3.80. The van der Waals surface area contributed by atoms with Crippen LogP contribution in [0.5, 0.6) is 0 Å². The van der Waals surface area contributed by atoms with Gasteiger partial charge >= 0.3 is 0 Å². The molecule has 128 valence electrons. The first-order valence-electron chi connectivity index (χ1n) is 8.12. The summed E-state index contributed by atoms with van der Waals surface area (Å²) >= 11 is 5.96. The van der Waals surface area contributed by atoms with Crippen LogP contribution in [0.4, 0.5) is 0 Å². The topological polar surface area (TPSA) is 51.2 Å². The van der Waals surface area contributed by atoms with Gasteiger partial charge in [-0.1, -0.05) is 29.8 Å². The minimum absolute atomic E-state index is 0.0143. The Hall–Kier alpha value is -1.91. The molecule has 1 heterocycles. The lowest BCUT2D eigenvalue weighted by Gasteiger charge is -2.17. The van der Waals surface area contributed by atoms with Crippen molar-refractivity contribution in [1.82, 2.24) is 10.3 Å². The zero-order chi connectivity index (χ0) is 17.2. The number of unbranched alkanes of at least 4 members (excludes halogenated alkanes) is 1. The van der Waals surface area contributed by atoms with Crippen LogP contribution < -0.4 is 5.32 Å². The summed E-state index contributed by atoms with van der Waals surface area (Å²) in [5.41, 5.74) is 1.84. The Balaban J connectivity index is 2.04. The summed E-state index contributed by atoms with van der Waals surface area (Å²) in [5.74, 6) is -0.264. The highest BCUT2D eigenvalue weighted by molar-refractivity contribution is 6.30. The zero-order valence-corrected chi connectivity index (χ0v) is 14.6. The molecule has 0 radical (unpaired) electrons. The van der Waals surface area contributed by atoms with Crippen molar-refractivity contribution in [1.29, 1.82) is 0 Å². The quantitative estimate of drug-likeness (QED) is 0.706. The number of rotatable bonds is 9. The number of pyridine rings is 1. The second kappa shape index (κ2) is 10.1. The molecule has 0 aliphatic heterocycles. The SMILES string of the molecule is COCCCCNC(=O)C(Cc1ccccn1)c1ccc(Cl)cc1. The number of benzene rings is 1. The van der Waals surface area contributed by atoms with Crippen molar-refractivity contribution in [3.05, 3.63) is 64.9 Å². The predicted octanol–water partition coefficient (Wildman–Crippen LogP) is 3.60. The van der Waals surface area contributed by atoms with Gasteiger partial charge in [-0.15, -0.1) is 0 Å². The van der Waals surface area contributed by atoms with Gasteiger partial charge in [-0.25, -0.2) is 0 Å². The van der Waals surface area contributed by atoms with E-state index in [4.69, 9.17) is 16.3 Å². The second-order valence-electron chi connectivity index (χ2n) is 5.62. The molecular weight excluding hydrogens is 324 g/mol. The van der Waals surface area contributed by atoms with Crippen LogP contribution in [-0.4, -0.2) is 31.2 Å². The van der Waals surface area contributed by atoms with Crippen LogP contribution in [0.25, 0.3) is 0 Å². The number of hydrogen-bond acceptors (Lipinski definition) is 3. The van der Waals surface area contributed by atoms with Crippen molar-refractivity contribution in [2.24, 2.45) is 0 Å². The van der Waals surface area contributed by atoms with Crippen LogP contribution in [0, 0.1) is 0 Å². The number of ether oxygens (including phenoxy) is 1. The van der Waals surface area contributed by atoms with E-state index in [1.807, 2.05) is 42.5 Å². The number of methoxy groups -OCH3 is 1. The zero-order valence-electron chi connectivity index (χ0n) is 13.9. The van der Waals surface area contributed by atoms with Gasteiger partial charge < -0.3 is 10.1 Å². The lowest BCUT2D eigenvalue weighted by atomic mass is 9.93. The summed E-state index contributed by atoms with van der Waals surface area (Å²) in [6.07, 6.45) is 4.14. The number of nitrogens with one attached hydrogen (secondary N) is 1. The van der Waals surface area contributed by atoms with Crippen LogP contribution in [0.2, 0.25) is 5.02 Å². The average molecular weight is 347 g/mol. The lowest BCUT2D eigenvalue weighted by Crippen LogP contribution is -2.31. The van der Waals surface area contributed by atoms with Crippen LogP contribution in [0.15, 0.2) is 48.7 Å². The molecule has 0 saturated carbocycles. The molecule has 1 atom stereocenters. The summed E-state index contributed by atoms with van der Waals surface area (Å²) in [7, 11) is 1.68. The highest BCUT2D eigenvalue weighted by Gasteiger charge is 2.21. The van der Waals surface area contributed by atoms with Crippen molar-refractivity contribution in [2.75, 3.05) is 20.3 Å². The molecule has 1 aromatic heterocycles. The van der Waals surface area contributed by atoms with E-state index < -0.39 is 0 Å². The van der Waals surface area contributed by atoms with Gasteiger partial charge in [0, 0.05) is 43.6 Å². The summed E-state index contributed by atoms with van der Waals surface area (Å²) in [4.78, 5) is 17.0. The maximum absolute atomic E-state index is 12.7. The first-order valence-corrected chi connectivity index (χ1v) is 8.50. The number of amides is 1. The van der Waals surface area contributed by atoms with Crippen molar-refractivity contribution in [2.45, 2.75) is 25.2 Å². The van der Waals surface area contributed by atoms with Gasteiger partial charge in [-0.2, -0.15) is 0 Å². The molecule has 5 heteroatoms. The first kappa shape index (κ1) is 18.4. The third kappa shape index (κ3) is 5.95. The fourth-order valence-electron chi connectivity index (χ4n) is 2.49. The van der Waals surface area contributed by atoms with E-state index in [-0.39, 0.29) is 11.8 Å². The van der Waals surface area contributed by atoms with Gasteiger partial charge in [-0.05, 0) is 42.7 Å². The van der Waals surface area contributed by atoms with Gasteiger partial charge in [0.25, 0.3) is 0 Å². The van der Waals surface area contributed by atoms with E-state index in [9.17, 15) is 4.79 Å². The van der Waals surface area contributed by atoms with Crippen molar-refractivity contribution >= 4 is 17.5 Å². The largest absolute Gasteiger partial charge is 0.385 e. The number of nitrogens with zero attached hydrogens (tertiary/aromatic N) is 1. The number of halogens is 1. The Bertz CT molecular complexity index is 617. The number of carbonyl (C=O) groups excluding carboxylic acids is 1. The van der Waals surface area contributed by atoms with E-state index in [2.05, 4.69) is 10.3 Å². The Kier molecular flexibility index (Phi) is 7.72. The molecule has 0 saturated heterocycles. The summed E-state index contributed by atoms with van der Waals surface area (Å²) in [6.45, 7) is 1.36. The van der Waals surface area contributed by atoms with Crippen molar-refractivity contribution in [3.8, 4) is 0 Å². The van der Waals surface area contributed by atoms with Crippen molar-refractivity contribution in [3.63, 3.8) is 0 Å². The van der Waals surface area contributed by atoms with E-state index in [0.29, 0.717) is 24.6 Å². The summed E-state index contributed by atoms with van der Waals surface area (Å²) < 4.78 is 5.02. The Labute approximate surface area is 148 Å². The van der Waals surface area contributed by atoms with Gasteiger partial charge in [0.2, 0.25) is 5.91 Å². The maximum atomic E-state index is 12.7. The second-order valence-corrected chi connectivity index (χ2v) is 6.06. The van der Waals surface area contributed by atoms with Gasteiger partial charge in [-0.3, -0.25) is 9.78 Å². The monoisotopic (exact) mass is 346 g/mol. The molecule has 0 aliphatic carbocycles. The molecule has 0 fully saturated rings. The molecule has 2 rings (SSSR count). The minimum Gasteiger partial charge on any atom is -0.385 e. The fraction of sp³-hybridized carbons (Fsp3) is 0.368. The molecule has 1 N–H and O–H groups in total. The average Bonchev–Trinajstić information content (AvgIpc) is 2.61. The highest BCUT2D eigenvalue weighted by atomic mass is 35.5. The molecule has 1 aromatic carbocycles. The molecular formula is C19H23ClN2O2. The van der Waals surface area contributed by atoms with E-state index >= 15 is 0 Å². The smallest absolute Gasteiger partial charge is 0.227 e. The lowest BCUT2D eigenvalue weighted by molar-refractivity contribution is -0.122. The summed E-state index contributed by atoms with van der Waals surface area (Å²) in [6, 6.07) is 13.2. The maximum Gasteiger partial charge on any atom is 0.227 e. The first-order chi connectivity index (χ1) is 11.7. The normalized spacial score (nSPS) is 11.9. The van der Waals surface area contributed by atoms with Gasteiger partial charge in [0.1, 0.15) is 0 Å². The van der Waals surface area contributed by atoms with E-state index in [1.54, 1.807) is 13.3 Å². The molecule has 0 aliphatic rings. The molecule has 0 spiro atoms. The van der Waals surface area contributed by atoms with Gasteiger partial charge in [0.05, 0.1) is 5.92 Å². The van der Waals surface area contributed by atoms with Crippen LogP contribution in [-0.2, 0) is 16.0 Å². The highest BCUT2D eigenvalue weighted by Crippen LogP contribution is 2.22. The molecule has 24 heavy (non-hydrogen) atoms. The Morgan fingerprint density at radius 2 is 2.00 bits per heavy atom. The standard InChI is InChI=1S/C19H23ClN2O2/c1-24-13-5-4-12-22-19(23)18(14-17-6-2-3-11-21-17)15-7-9-16(20)10-8-15/h2-3,6-11,18H,4-5,12-14H2,1H3,(H,22,23). The van der Waals surface area contributed by atoms with Crippen molar-refractivity contribution < 1.29 is 9.53 Å². The number of hydrogen-bond donors (Lipinski definition) is 1. The minimum atomic E-state index is -0.278. The molecule has 1 unspecified atom stereocenters. The predicted molar refractivity (Wildman–Crippen MR) is 96.3 cm³/mol. The van der Waals surface area contributed by atoms with E-state index in [1.165, 1.54) is 0 Å². The van der Waals surface area contributed by atoms with Crippen LogP contribution >= 0.6 is 11.6 Å². The molecule has 4 nitrogen and oxygen atoms in total. The molecule has 1 amide bonds. The Morgan fingerprint density at radius 1 is 1.21 bits per heavy atom. The number of aromatic nitrogens is 1. The Morgan fingerprint density at radius 3 is 2.67 bits per heavy atom. The van der Waals surface area contributed by atoms with Crippen LogP contribution in [0.1, 0.15) is 30.0 Å². The van der Waals surface area contributed by atoms with Gasteiger partial charge in [0.15, 0.2) is 0 Å². The number of carbonyl (C=O) groups is 1. The summed E-state index contributed by atoms with van der Waals surface area (Å²) in [5, 5.41) is 3.68.